The molecule has 0 unspecified atom stereocenters. The second kappa shape index (κ2) is 6.24. The fourth-order valence-electron chi connectivity index (χ4n) is 1.24. The van der Waals surface area contributed by atoms with Crippen LogP contribution in [0.15, 0.2) is 18.3 Å². The van der Waals surface area contributed by atoms with E-state index in [1.54, 1.807) is 0 Å². The Hall–Kier alpha value is -1.29. The van der Waals surface area contributed by atoms with Gasteiger partial charge >= 0.3 is 0 Å². The molecule has 0 saturated carbocycles. The number of likely N-dealkylation sites (N-methyl/N-ethyl adjacent to an activating group) is 1. The molecule has 0 fully saturated rings. The molecule has 0 aromatic carbocycles. The first-order valence-corrected chi connectivity index (χ1v) is 5.31. The summed E-state index contributed by atoms with van der Waals surface area (Å²) in [4.78, 5) is 6.36. The number of aromatic nitrogens is 1. The molecule has 0 atom stereocenters. The summed E-state index contributed by atoms with van der Waals surface area (Å²) in [6, 6.07) is 4.01. The molecular formula is C11H20N4. The summed E-state index contributed by atoms with van der Waals surface area (Å²) in [5.41, 5.74) is 1.11. The first kappa shape index (κ1) is 11.8. The van der Waals surface area contributed by atoms with Gasteiger partial charge in [-0.25, -0.2) is 4.98 Å². The third-order valence-corrected chi connectivity index (χ3v) is 2.01. The molecule has 1 aromatic rings. The number of hydrogen-bond donors (Lipinski definition) is 2. The van der Waals surface area contributed by atoms with Gasteiger partial charge in [-0.3, -0.25) is 0 Å². The van der Waals surface area contributed by atoms with E-state index in [0.717, 1.165) is 31.1 Å². The maximum atomic E-state index is 4.21. The quantitative estimate of drug-likeness (QED) is 0.743. The Labute approximate surface area is 91.7 Å². The zero-order chi connectivity index (χ0) is 11.1. The normalized spacial score (nSPS) is 10.4. The summed E-state index contributed by atoms with van der Waals surface area (Å²) >= 11 is 0. The minimum absolute atomic E-state index is 0.897. The van der Waals surface area contributed by atoms with Crippen molar-refractivity contribution in [3.05, 3.63) is 18.3 Å². The second-order valence-electron chi connectivity index (χ2n) is 3.69. The molecule has 0 spiro atoms. The number of pyridine rings is 1. The molecule has 0 bridgehead atoms. The van der Waals surface area contributed by atoms with Crippen molar-refractivity contribution < 1.29 is 0 Å². The van der Waals surface area contributed by atoms with Crippen LogP contribution in [-0.4, -0.2) is 43.6 Å². The highest BCUT2D eigenvalue weighted by molar-refractivity contribution is 5.51. The predicted molar refractivity (Wildman–Crippen MR) is 65.4 cm³/mol. The lowest BCUT2D eigenvalue weighted by Crippen LogP contribution is -2.20. The van der Waals surface area contributed by atoms with E-state index >= 15 is 0 Å². The predicted octanol–water partition coefficient (Wildman–Crippen LogP) is 1.49. The Kier molecular flexibility index (Phi) is 4.90. The largest absolute Gasteiger partial charge is 0.384 e. The number of anilines is 2. The van der Waals surface area contributed by atoms with Crippen molar-refractivity contribution in [1.82, 2.24) is 9.88 Å². The van der Waals surface area contributed by atoms with Gasteiger partial charge in [0.05, 0.1) is 0 Å². The third-order valence-electron chi connectivity index (χ3n) is 2.01. The van der Waals surface area contributed by atoms with Crippen LogP contribution in [0.5, 0.6) is 0 Å². The van der Waals surface area contributed by atoms with Crippen molar-refractivity contribution in [2.45, 2.75) is 6.92 Å². The van der Waals surface area contributed by atoms with Crippen molar-refractivity contribution in [1.29, 1.82) is 0 Å². The Morgan fingerprint density at radius 3 is 2.80 bits per heavy atom. The van der Waals surface area contributed by atoms with E-state index in [1.165, 1.54) is 0 Å². The van der Waals surface area contributed by atoms with Gasteiger partial charge in [0.15, 0.2) is 0 Å². The van der Waals surface area contributed by atoms with Gasteiger partial charge in [0, 0.05) is 37.6 Å². The van der Waals surface area contributed by atoms with Crippen LogP contribution in [-0.2, 0) is 0 Å². The van der Waals surface area contributed by atoms with Crippen LogP contribution < -0.4 is 10.6 Å². The highest BCUT2D eigenvalue weighted by Gasteiger charge is 1.95. The molecule has 15 heavy (non-hydrogen) atoms. The molecule has 4 nitrogen and oxygen atoms in total. The highest BCUT2D eigenvalue weighted by Crippen LogP contribution is 2.10. The standard InChI is InChI=1S/C11H20N4/c1-4-12-11-9-10(5-6-14-11)13-7-8-15(2)3/h5-6,9H,4,7-8H2,1-3H3,(H2,12,13,14). The summed E-state index contributed by atoms with van der Waals surface area (Å²) in [6.45, 7) is 4.93. The summed E-state index contributed by atoms with van der Waals surface area (Å²) in [6.07, 6.45) is 1.82. The van der Waals surface area contributed by atoms with Crippen molar-refractivity contribution in [2.24, 2.45) is 0 Å². The number of rotatable bonds is 6. The smallest absolute Gasteiger partial charge is 0.127 e. The van der Waals surface area contributed by atoms with Crippen LogP contribution in [0, 0.1) is 0 Å². The molecule has 1 aromatic heterocycles. The van der Waals surface area contributed by atoms with Gasteiger partial charge in [-0.2, -0.15) is 0 Å². The SMILES string of the molecule is CCNc1cc(NCCN(C)C)ccn1. The molecule has 0 aliphatic heterocycles. The molecule has 2 N–H and O–H groups in total. The van der Waals surface area contributed by atoms with E-state index in [0.29, 0.717) is 0 Å². The van der Waals surface area contributed by atoms with Gasteiger partial charge in [-0.15, -0.1) is 0 Å². The molecule has 0 amide bonds. The van der Waals surface area contributed by atoms with E-state index < -0.39 is 0 Å². The maximum Gasteiger partial charge on any atom is 0.127 e. The van der Waals surface area contributed by atoms with Crippen LogP contribution in [0.4, 0.5) is 11.5 Å². The summed E-state index contributed by atoms with van der Waals surface area (Å²) < 4.78 is 0. The molecular weight excluding hydrogens is 188 g/mol. The number of nitrogens with zero attached hydrogens (tertiary/aromatic N) is 2. The lowest BCUT2D eigenvalue weighted by molar-refractivity contribution is 0.425. The molecule has 1 rings (SSSR count). The van der Waals surface area contributed by atoms with Gasteiger partial charge in [-0.05, 0) is 27.1 Å². The van der Waals surface area contributed by atoms with E-state index in [-0.39, 0.29) is 0 Å². The minimum Gasteiger partial charge on any atom is -0.384 e. The van der Waals surface area contributed by atoms with Gasteiger partial charge in [0.1, 0.15) is 5.82 Å². The summed E-state index contributed by atoms with van der Waals surface area (Å²) in [5, 5.41) is 6.54. The fourth-order valence-corrected chi connectivity index (χ4v) is 1.24. The molecule has 1 heterocycles. The van der Waals surface area contributed by atoms with Gasteiger partial charge in [0.25, 0.3) is 0 Å². The monoisotopic (exact) mass is 208 g/mol. The van der Waals surface area contributed by atoms with E-state index in [4.69, 9.17) is 0 Å². The van der Waals surface area contributed by atoms with Crippen molar-refractivity contribution >= 4 is 11.5 Å². The molecule has 0 aliphatic rings. The third kappa shape index (κ3) is 4.65. The Bertz CT molecular complexity index is 286. The zero-order valence-corrected chi connectivity index (χ0v) is 9.75. The van der Waals surface area contributed by atoms with Gasteiger partial charge < -0.3 is 15.5 Å². The Balaban J connectivity index is 2.43. The Morgan fingerprint density at radius 2 is 2.13 bits per heavy atom. The summed E-state index contributed by atoms with van der Waals surface area (Å²) in [7, 11) is 4.14. The van der Waals surface area contributed by atoms with Crippen molar-refractivity contribution in [3.8, 4) is 0 Å². The first-order valence-electron chi connectivity index (χ1n) is 5.31. The first-order chi connectivity index (χ1) is 7.22. The van der Waals surface area contributed by atoms with Gasteiger partial charge in [0.2, 0.25) is 0 Å². The van der Waals surface area contributed by atoms with Crippen molar-refractivity contribution in [3.63, 3.8) is 0 Å². The zero-order valence-electron chi connectivity index (χ0n) is 9.75. The average molecular weight is 208 g/mol. The van der Waals surface area contributed by atoms with Crippen LogP contribution in [0.2, 0.25) is 0 Å². The van der Waals surface area contributed by atoms with Crippen LogP contribution >= 0.6 is 0 Å². The van der Waals surface area contributed by atoms with Crippen LogP contribution in [0.1, 0.15) is 6.92 Å². The molecule has 0 radical (unpaired) electrons. The highest BCUT2D eigenvalue weighted by atomic mass is 15.1. The lowest BCUT2D eigenvalue weighted by atomic mass is 10.3. The number of hydrogen-bond acceptors (Lipinski definition) is 4. The Morgan fingerprint density at radius 1 is 1.33 bits per heavy atom. The maximum absolute atomic E-state index is 4.21. The van der Waals surface area contributed by atoms with Crippen molar-refractivity contribution in [2.75, 3.05) is 44.4 Å². The number of nitrogens with one attached hydrogen (secondary N) is 2. The topological polar surface area (TPSA) is 40.2 Å². The van der Waals surface area contributed by atoms with Crippen LogP contribution in [0.3, 0.4) is 0 Å². The minimum atomic E-state index is 0.897. The summed E-state index contributed by atoms with van der Waals surface area (Å²) in [5.74, 6) is 0.923. The van der Waals surface area contributed by atoms with E-state index in [9.17, 15) is 0 Å². The molecule has 0 saturated heterocycles. The fraction of sp³-hybridized carbons (Fsp3) is 0.545. The second-order valence-corrected chi connectivity index (χ2v) is 3.69. The van der Waals surface area contributed by atoms with Crippen LogP contribution in [0.25, 0.3) is 0 Å². The van der Waals surface area contributed by atoms with E-state index in [2.05, 4.69) is 41.5 Å². The lowest BCUT2D eigenvalue weighted by Gasteiger charge is -2.12. The molecule has 4 heteroatoms. The van der Waals surface area contributed by atoms with E-state index in [1.807, 2.05) is 18.3 Å². The molecule has 0 aliphatic carbocycles. The van der Waals surface area contributed by atoms with Gasteiger partial charge in [-0.1, -0.05) is 0 Å². The molecule has 84 valence electrons. The average Bonchev–Trinajstić information content (AvgIpc) is 2.18.